The maximum absolute atomic E-state index is 6.12. The van der Waals surface area contributed by atoms with Crippen LogP contribution in [0.1, 0.15) is 23.9 Å². The van der Waals surface area contributed by atoms with Gasteiger partial charge < -0.3 is 14.0 Å². The molecule has 0 aliphatic heterocycles. The molecule has 4 heteroatoms. The first-order valence-electron chi connectivity index (χ1n) is 9.70. The van der Waals surface area contributed by atoms with E-state index in [-0.39, 0.29) is 0 Å². The minimum atomic E-state index is 0.362. The molecule has 4 nitrogen and oxygen atoms in total. The maximum atomic E-state index is 6.12. The Balaban J connectivity index is 1.63. The molecule has 0 spiro atoms. The Bertz CT molecular complexity index is 1130. The van der Waals surface area contributed by atoms with E-state index in [1.807, 2.05) is 61.5 Å². The van der Waals surface area contributed by atoms with E-state index in [0.717, 1.165) is 29.0 Å². The molecule has 0 aliphatic carbocycles. The molecule has 0 radical (unpaired) electrons. The van der Waals surface area contributed by atoms with Crippen LogP contribution in [-0.4, -0.2) is 16.7 Å². The molecule has 1 aromatic heterocycles. The lowest BCUT2D eigenvalue weighted by Gasteiger charge is -2.13. The number of aromatic nitrogens is 2. The molecule has 29 heavy (non-hydrogen) atoms. The van der Waals surface area contributed by atoms with Crippen LogP contribution in [0.4, 0.5) is 0 Å². The summed E-state index contributed by atoms with van der Waals surface area (Å²) in [5.74, 6) is 2.31. The number of fused-ring (bicyclic) bond motifs is 1. The average molecular weight is 384 g/mol. The van der Waals surface area contributed by atoms with E-state index in [4.69, 9.17) is 14.5 Å². The summed E-state index contributed by atoms with van der Waals surface area (Å²) in [7, 11) is 1.66. The predicted molar refractivity (Wildman–Crippen MR) is 117 cm³/mol. The molecular formula is C25H24N2O2. The molecule has 0 saturated carbocycles. The first kappa shape index (κ1) is 18.8. The van der Waals surface area contributed by atoms with Gasteiger partial charge in [0.1, 0.15) is 12.4 Å². The van der Waals surface area contributed by atoms with Gasteiger partial charge in [0.15, 0.2) is 11.5 Å². The second kappa shape index (κ2) is 8.65. The summed E-state index contributed by atoms with van der Waals surface area (Å²) in [6.07, 6.45) is 4.03. The van der Waals surface area contributed by atoms with Gasteiger partial charge in [-0.2, -0.15) is 0 Å². The van der Waals surface area contributed by atoms with Gasteiger partial charge in [0.05, 0.1) is 18.1 Å². The third-order valence-corrected chi connectivity index (χ3v) is 4.82. The Morgan fingerprint density at radius 2 is 1.72 bits per heavy atom. The van der Waals surface area contributed by atoms with Crippen molar-refractivity contribution in [2.45, 2.75) is 20.1 Å². The number of allylic oxidation sites excluding steroid dienone is 1. The van der Waals surface area contributed by atoms with Gasteiger partial charge in [0, 0.05) is 6.54 Å². The third kappa shape index (κ3) is 4.16. The molecule has 0 atom stereocenters. The fourth-order valence-electron chi connectivity index (χ4n) is 3.42. The molecule has 3 aromatic carbocycles. The minimum absolute atomic E-state index is 0.362. The summed E-state index contributed by atoms with van der Waals surface area (Å²) in [4.78, 5) is 4.81. The highest BCUT2D eigenvalue weighted by atomic mass is 16.5. The van der Waals surface area contributed by atoms with Crippen LogP contribution >= 0.6 is 0 Å². The summed E-state index contributed by atoms with van der Waals surface area (Å²) in [5, 5.41) is 0. The molecule has 0 bridgehead atoms. The summed E-state index contributed by atoms with van der Waals surface area (Å²) >= 11 is 0. The van der Waals surface area contributed by atoms with Gasteiger partial charge >= 0.3 is 0 Å². The maximum Gasteiger partial charge on any atom is 0.161 e. The largest absolute Gasteiger partial charge is 0.493 e. The average Bonchev–Trinajstić information content (AvgIpc) is 3.11. The Morgan fingerprint density at radius 3 is 2.52 bits per heavy atom. The summed E-state index contributed by atoms with van der Waals surface area (Å²) in [5.41, 5.74) is 4.38. The van der Waals surface area contributed by atoms with Crippen LogP contribution in [0.3, 0.4) is 0 Å². The van der Waals surface area contributed by atoms with Crippen molar-refractivity contribution >= 4 is 17.1 Å². The van der Waals surface area contributed by atoms with Crippen LogP contribution in [0, 0.1) is 0 Å². The van der Waals surface area contributed by atoms with Crippen molar-refractivity contribution in [3.63, 3.8) is 0 Å². The van der Waals surface area contributed by atoms with Gasteiger partial charge in [-0.15, -0.1) is 0 Å². The molecule has 0 amide bonds. The van der Waals surface area contributed by atoms with Crippen LogP contribution in [0.2, 0.25) is 0 Å². The lowest BCUT2D eigenvalue weighted by atomic mass is 10.2. The van der Waals surface area contributed by atoms with E-state index in [9.17, 15) is 0 Å². The summed E-state index contributed by atoms with van der Waals surface area (Å²) in [6.45, 7) is 3.10. The number of nitrogens with zero attached hydrogens (tertiary/aromatic N) is 2. The van der Waals surface area contributed by atoms with Crippen molar-refractivity contribution in [2.75, 3.05) is 7.11 Å². The summed E-state index contributed by atoms with van der Waals surface area (Å²) < 4.78 is 13.9. The quantitative estimate of drug-likeness (QED) is 0.410. The Morgan fingerprint density at radius 1 is 0.931 bits per heavy atom. The van der Waals surface area contributed by atoms with Crippen molar-refractivity contribution in [1.29, 1.82) is 0 Å². The highest BCUT2D eigenvalue weighted by molar-refractivity contribution is 5.76. The van der Waals surface area contributed by atoms with Crippen LogP contribution in [0.25, 0.3) is 17.1 Å². The number of hydrogen-bond acceptors (Lipinski definition) is 3. The summed E-state index contributed by atoms with van der Waals surface area (Å²) in [6, 6.07) is 24.5. The zero-order chi connectivity index (χ0) is 20.1. The van der Waals surface area contributed by atoms with Gasteiger partial charge in [0.25, 0.3) is 0 Å². The van der Waals surface area contributed by atoms with Crippen LogP contribution in [-0.2, 0) is 13.2 Å². The smallest absolute Gasteiger partial charge is 0.161 e. The number of hydrogen-bond donors (Lipinski definition) is 0. The fraction of sp³-hybridized carbons (Fsp3) is 0.160. The number of ether oxygens (including phenoxy) is 2. The number of para-hydroxylation sites is 2. The van der Waals surface area contributed by atoms with Crippen molar-refractivity contribution < 1.29 is 9.47 Å². The van der Waals surface area contributed by atoms with Crippen molar-refractivity contribution in [1.82, 2.24) is 9.55 Å². The van der Waals surface area contributed by atoms with E-state index < -0.39 is 0 Å². The third-order valence-electron chi connectivity index (χ3n) is 4.82. The number of imidazole rings is 1. The topological polar surface area (TPSA) is 36.3 Å². The lowest BCUT2D eigenvalue weighted by molar-refractivity contribution is 0.273. The van der Waals surface area contributed by atoms with E-state index in [2.05, 4.69) is 34.9 Å². The van der Waals surface area contributed by atoms with Gasteiger partial charge in [-0.05, 0) is 42.3 Å². The molecular weight excluding hydrogens is 360 g/mol. The number of methoxy groups -OCH3 is 1. The van der Waals surface area contributed by atoms with Crippen LogP contribution in [0.15, 0.2) is 78.9 Å². The normalized spacial score (nSPS) is 11.2. The van der Waals surface area contributed by atoms with Gasteiger partial charge in [-0.1, -0.05) is 60.7 Å². The van der Waals surface area contributed by atoms with E-state index in [1.165, 1.54) is 5.56 Å². The number of benzene rings is 3. The van der Waals surface area contributed by atoms with Crippen LogP contribution in [0.5, 0.6) is 11.5 Å². The molecule has 146 valence electrons. The second-order valence-electron chi connectivity index (χ2n) is 6.79. The highest BCUT2D eigenvalue weighted by Crippen LogP contribution is 2.29. The van der Waals surface area contributed by atoms with Crippen molar-refractivity contribution in [3.05, 3.63) is 95.8 Å². The first-order valence-corrected chi connectivity index (χ1v) is 9.70. The fourth-order valence-corrected chi connectivity index (χ4v) is 3.42. The molecule has 0 aliphatic rings. The highest BCUT2D eigenvalue weighted by Gasteiger charge is 2.13. The number of rotatable bonds is 7. The molecule has 0 N–H and O–H groups in total. The molecule has 0 fully saturated rings. The molecule has 0 saturated heterocycles. The van der Waals surface area contributed by atoms with Crippen molar-refractivity contribution in [3.8, 4) is 11.5 Å². The van der Waals surface area contributed by atoms with E-state index in [0.29, 0.717) is 18.1 Å². The SMILES string of the molecule is C/C=C\c1ccc(OCc2nc3ccccc3n2Cc2ccccc2)c(OC)c1. The van der Waals surface area contributed by atoms with Crippen molar-refractivity contribution in [2.24, 2.45) is 0 Å². The van der Waals surface area contributed by atoms with Crippen LogP contribution < -0.4 is 9.47 Å². The molecule has 0 unspecified atom stereocenters. The van der Waals surface area contributed by atoms with Gasteiger partial charge in [-0.25, -0.2) is 4.98 Å². The van der Waals surface area contributed by atoms with Gasteiger partial charge in [-0.3, -0.25) is 0 Å². The van der Waals surface area contributed by atoms with E-state index in [1.54, 1.807) is 7.11 Å². The Hall–Kier alpha value is -3.53. The first-order chi connectivity index (χ1) is 14.3. The standard InChI is InChI=1S/C25H24N2O2/c1-3-9-19-14-15-23(24(16-19)28-2)29-18-25-26-21-12-7-8-13-22(21)27(25)17-20-10-5-4-6-11-20/h3-16H,17-18H2,1-2H3/b9-3-. The lowest BCUT2D eigenvalue weighted by Crippen LogP contribution is -2.08. The minimum Gasteiger partial charge on any atom is -0.493 e. The molecule has 1 heterocycles. The Kier molecular flexibility index (Phi) is 5.61. The molecule has 4 aromatic rings. The van der Waals surface area contributed by atoms with Gasteiger partial charge in [0.2, 0.25) is 0 Å². The van der Waals surface area contributed by atoms with E-state index >= 15 is 0 Å². The Labute approximate surface area is 171 Å². The monoisotopic (exact) mass is 384 g/mol. The predicted octanol–water partition coefficient (Wildman–Crippen LogP) is 5.71. The zero-order valence-corrected chi connectivity index (χ0v) is 16.7. The second-order valence-corrected chi connectivity index (χ2v) is 6.79. The zero-order valence-electron chi connectivity index (χ0n) is 16.7. The molecule has 4 rings (SSSR count).